The number of aryl methyl sites for hydroxylation is 4. The summed E-state index contributed by atoms with van der Waals surface area (Å²) in [5, 5.41) is 40.5. The summed E-state index contributed by atoms with van der Waals surface area (Å²) in [5.41, 5.74) is 9.09. The van der Waals surface area contributed by atoms with Crippen LogP contribution in [0.4, 0.5) is 0 Å². The van der Waals surface area contributed by atoms with Gasteiger partial charge in [0.05, 0.1) is 44.1 Å². The van der Waals surface area contributed by atoms with Crippen molar-refractivity contribution in [3.8, 4) is 0 Å². The number of hydrogen-bond acceptors (Lipinski definition) is 12. The maximum Gasteiger partial charge on any atom is 0.235 e. The molecule has 0 saturated carbocycles. The summed E-state index contributed by atoms with van der Waals surface area (Å²) >= 11 is 11.6. The number of hydrogen-bond donors (Lipinski definition) is 10. The number of benzene rings is 2. The Balaban J connectivity index is 0. The lowest BCUT2D eigenvalue weighted by Gasteiger charge is -2.31. The minimum atomic E-state index is -1.02. The highest BCUT2D eigenvalue weighted by Crippen LogP contribution is 2.18. The molecule has 2 aromatic carbocycles. The van der Waals surface area contributed by atoms with E-state index in [2.05, 4.69) is 133 Å². The lowest BCUT2D eigenvalue weighted by atomic mass is 9.92. The van der Waals surface area contributed by atoms with Gasteiger partial charge in [0.15, 0.2) is 0 Å². The van der Waals surface area contributed by atoms with Gasteiger partial charge in [-0.1, -0.05) is 172 Å². The molecular formula is C44H81N5O5S3. The van der Waals surface area contributed by atoms with Crippen molar-refractivity contribution in [3.63, 3.8) is 0 Å². The van der Waals surface area contributed by atoms with E-state index < -0.39 is 11.1 Å². The molecule has 2 rings (SSSR count). The standard InChI is InChI=1S/C21H36N2O3S.C19H33NO2.C3H8.CH4N2S2/c1-2-3-4-5-6-7-8-18-9-11-19(12-10-18)13-14-21(16-24,17-25)23-20(26)15-22-27;1-2-3-4-5-6-7-8-17-9-11-18(12-10-17)13-14-19(20,15-21)16-22;1-3-2;4-2-1-3-5/h9-12,22,24-25,27H,2-8,13-17H2,1H3,(H,23,26);9-12,21-22H,2-8,13-16,20H2,1H3;3H2,1-2H3;2,4H,1H2. The van der Waals surface area contributed by atoms with Crippen molar-refractivity contribution in [2.75, 3.05) is 39.6 Å². The van der Waals surface area contributed by atoms with Crippen LogP contribution in [0.1, 0.15) is 146 Å². The summed E-state index contributed by atoms with van der Waals surface area (Å²) < 4.78 is 8.16. The average molecular weight is 856 g/mol. The van der Waals surface area contributed by atoms with Gasteiger partial charge < -0.3 is 31.5 Å². The fraction of sp³-hybridized carbons (Fsp3) is 0.705. The molecule has 0 unspecified atom stereocenters. The number of amides is 1. The van der Waals surface area contributed by atoms with Gasteiger partial charge in [-0.25, -0.2) is 9.08 Å². The molecule has 0 aliphatic rings. The van der Waals surface area contributed by atoms with Gasteiger partial charge in [-0.2, -0.15) is 0 Å². The van der Waals surface area contributed by atoms with E-state index >= 15 is 0 Å². The third-order valence-electron chi connectivity index (χ3n) is 9.50. The van der Waals surface area contributed by atoms with Crippen molar-refractivity contribution < 1.29 is 25.2 Å². The van der Waals surface area contributed by atoms with Crippen LogP contribution in [0.3, 0.4) is 0 Å². The van der Waals surface area contributed by atoms with E-state index in [1.54, 1.807) is 0 Å². The summed E-state index contributed by atoms with van der Waals surface area (Å²) in [6.07, 6.45) is 21.8. The number of nitrogens with two attached hydrogens (primary N) is 1. The molecule has 0 radical (unpaired) electrons. The third kappa shape index (κ3) is 31.9. The number of unbranched alkanes of at least 4 members (excludes halogenated alkanes) is 10. The molecule has 0 spiro atoms. The average Bonchev–Trinajstić information content (AvgIpc) is 3.23. The molecule has 0 heterocycles. The topological polar surface area (TPSA) is 172 Å². The first-order chi connectivity index (χ1) is 27.5. The van der Waals surface area contributed by atoms with Crippen LogP contribution in [0.2, 0.25) is 0 Å². The second-order valence-electron chi connectivity index (χ2n) is 15.0. The first kappa shape index (κ1) is 57.4. The zero-order valence-electron chi connectivity index (χ0n) is 35.8. The summed E-state index contributed by atoms with van der Waals surface area (Å²) in [6, 6.07) is 17.2. The van der Waals surface area contributed by atoms with Crippen LogP contribution in [0.15, 0.2) is 52.9 Å². The van der Waals surface area contributed by atoms with Crippen molar-refractivity contribution in [1.82, 2.24) is 14.8 Å². The lowest BCUT2D eigenvalue weighted by molar-refractivity contribution is -0.123. The van der Waals surface area contributed by atoms with Crippen LogP contribution >= 0.6 is 25.6 Å². The van der Waals surface area contributed by atoms with Crippen LogP contribution in [-0.4, -0.2) is 77.1 Å². The minimum Gasteiger partial charge on any atom is -0.394 e. The number of rotatable bonds is 29. The molecule has 2 aromatic rings. The quantitative estimate of drug-likeness (QED) is 0.0294. The Bertz CT molecular complexity index is 1190. The number of carbonyl (C=O) groups is 1. The molecule has 0 fully saturated rings. The van der Waals surface area contributed by atoms with E-state index in [4.69, 9.17) is 5.73 Å². The number of nitrogens with zero attached hydrogens (tertiary/aromatic N) is 1. The fourth-order valence-corrected chi connectivity index (χ4v) is 6.11. The molecule has 1 amide bonds. The van der Waals surface area contributed by atoms with Gasteiger partial charge in [0.2, 0.25) is 5.91 Å². The van der Waals surface area contributed by atoms with E-state index in [0.29, 0.717) is 25.9 Å². The van der Waals surface area contributed by atoms with Crippen molar-refractivity contribution in [1.29, 1.82) is 0 Å². The van der Waals surface area contributed by atoms with Gasteiger partial charge in [0.1, 0.15) is 6.67 Å². The molecule has 9 N–H and O–H groups in total. The predicted molar refractivity (Wildman–Crippen MR) is 250 cm³/mol. The normalized spacial score (nSPS) is 11.0. The molecule has 0 aliphatic carbocycles. The van der Waals surface area contributed by atoms with Gasteiger partial charge in [-0.3, -0.25) is 9.52 Å². The molecule has 0 atom stereocenters. The molecule has 10 nitrogen and oxygen atoms in total. The van der Waals surface area contributed by atoms with Gasteiger partial charge in [-0.15, -0.1) is 0 Å². The Morgan fingerprint density at radius 3 is 1.30 bits per heavy atom. The Labute approximate surface area is 363 Å². The van der Waals surface area contributed by atoms with E-state index in [-0.39, 0.29) is 38.9 Å². The predicted octanol–water partition coefficient (Wildman–Crippen LogP) is 7.53. The lowest BCUT2D eigenvalue weighted by Crippen LogP contribution is -2.56. The molecule has 0 bridgehead atoms. The number of aliphatic hydroxyl groups is 4. The number of nitrogens with one attached hydrogen (secondary N) is 3. The smallest absolute Gasteiger partial charge is 0.235 e. The van der Waals surface area contributed by atoms with Crippen LogP contribution in [-0.2, 0) is 42.9 Å². The second kappa shape index (κ2) is 39.8. The molecule has 0 saturated heterocycles. The monoisotopic (exact) mass is 856 g/mol. The highest BCUT2D eigenvalue weighted by molar-refractivity contribution is 7.78. The second-order valence-corrected chi connectivity index (χ2v) is 15.9. The van der Waals surface area contributed by atoms with E-state index in [9.17, 15) is 25.2 Å². The molecule has 57 heavy (non-hydrogen) atoms. The van der Waals surface area contributed by atoms with Gasteiger partial charge in [-0.05, 0) is 73.6 Å². The molecular weight excluding hydrogens is 775 g/mol. The summed E-state index contributed by atoms with van der Waals surface area (Å²) in [5.74, 6) is -0.303. The van der Waals surface area contributed by atoms with Gasteiger partial charge in [0.25, 0.3) is 0 Å². The van der Waals surface area contributed by atoms with Crippen LogP contribution < -0.4 is 20.5 Å². The van der Waals surface area contributed by atoms with Gasteiger partial charge >= 0.3 is 0 Å². The summed E-state index contributed by atoms with van der Waals surface area (Å²) in [6.45, 7) is 8.23. The Kier molecular flexibility index (Phi) is 40.1. The first-order valence-electron chi connectivity index (χ1n) is 21.3. The molecule has 330 valence electrons. The maximum absolute atomic E-state index is 11.8. The van der Waals surface area contributed by atoms with Crippen LogP contribution in [0.25, 0.3) is 0 Å². The highest BCUT2D eigenvalue weighted by atomic mass is 32.1. The zero-order chi connectivity index (χ0) is 43.0. The number of carbonyl (C=O) groups excluding carboxylic acids is 1. The van der Waals surface area contributed by atoms with Crippen LogP contribution in [0, 0.1) is 0 Å². The van der Waals surface area contributed by atoms with Crippen molar-refractivity contribution in [2.24, 2.45) is 10.1 Å². The zero-order valence-corrected chi connectivity index (χ0v) is 38.4. The Morgan fingerprint density at radius 2 is 0.982 bits per heavy atom. The summed E-state index contributed by atoms with van der Waals surface area (Å²) in [7, 11) is 0. The first-order valence-corrected chi connectivity index (χ1v) is 22.5. The van der Waals surface area contributed by atoms with E-state index in [1.807, 2.05) is 0 Å². The third-order valence-corrected chi connectivity index (χ3v) is 9.93. The van der Waals surface area contributed by atoms with Crippen molar-refractivity contribution >= 4 is 44.0 Å². The maximum atomic E-state index is 11.8. The highest BCUT2D eigenvalue weighted by Gasteiger charge is 2.30. The molecule has 0 aliphatic heterocycles. The minimum absolute atomic E-state index is 0.0258. The summed E-state index contributed by atoms with van der Waals surface area (Å²) in [4.78, 5) is 11.8. The van der Waals surface area contributed by atoms with E-state index in [0.717, 1.165) is 24.8 Å². The fourth-order valence-electron chi connectivity index (χ4n) is 5.74. The largest absolute Gasteiger partial charge is 0.394 e. The van der Waals surface area contributed by atoms with Crippen molar-refractivity contribution in [3.05, 3.63) is 70.8 Å². The number of aliphatic hydroxyl groups excluding tert-OH is 4. The Morgan fingerprint density at radius 1 is 0.614 bits per heavy atom. The van der Waals surface area contributed by atoms with Gasteiger partial charge in [0, 0.05) is 12.4 Å². The number of thiol groups is 2. The molecule has 13 heteroatoms. The Hall–Kier alpha value is -1.65. The van der Waals surface area contributed by atoms with E-state index in [1.165, 1.54) is 100 Å². The van der Waals surface area contributed by atoms with Crippen LogP contribution in [0.5, 0.6) is 0 Å². The SMILES string of the molecule is CCC.CCCCCCCCc1ccc(CCC(CO)(CO)NC(=O)CNS)cc1.CCCCCCCCc1ccc(CCC(N)(CO)CO)cc1.S=NCNS. The molecule has 0 aromatic heterocycles. The van der Waals surface area contributed by atoms with Crippen molar-refractivity contribution in [2.45, 2.75) is 161 Å².